The molecule has 0 aliphatic heterocycles. The first-order chi connectivity index (χ1) is 11.4. The molecular weight excluding hydrogens is 359 g/mol. The maximum atomic E-state index is 12.8. The molecule has 0 radical (unpaired) electrons. The summed E-state index contributed by atoms with van der Waals surface area (Å²) in [7, 11) is 0. The van der Waals surface area contributed by atoms with Crippen LogP contribution >= 0.6 is 23.1 Å². The van der Waals surface area contributed by atoms with E-state index in [0.717, 1.165) is 16.5 Å². The Morgan fingerprint density at radius 1 is 1.25 bits per heavy atom. The minimum Gasteiger partial charge on any atom is -0.454 e. The van der Waals surface area contributed by atoms with Crippen molar-refractivity contribution in [2.75, 3.05) is 6.26 Å². The molecule has 0 saturated carbocycles. The molecule has 0 atom stereocenters. The van der Waals surface area contributed by atoms with Crippen LogP contribution in [0.2, 0.25) is 0 Å². The Labute approximate surface area is 142 Å². The van der Waals surface area contributed by atoms with Gasteiger partial charge < -0.3 is 4.74 Å². The minimum absolute atomic E-state index is 0.0166. The van der Waals surface area contributed by atoms with Gasteiger partial charge in [0.25, 0.3) is 0 Å². The number of alkyl halides is 3. The van der Waals surface area contributed by atoms with Crippen molar-refractivity contribution in [3.8, 4) is 17.6 Å². The van der Waals surface area contributed by atoms with E-state index in [-0.39, 0.29) is 17.2 Å². The van der Waals surface area contributed by atoms with Crippen molar-refractivity contribution in [3.63, 3.8) is 0 Å². The maximum Gasteiger partial charge on any atom is 0.416 e. The molecule has 0 unspecified atom stereocenters. The molecule has 0 spiro atoms. The fourth-order valence-electron chi connectivity index (χ4n) is 1.93. The fraction of sp³-hybridized carbons (Fsp3) is 0.133. The van der Waals surface area contributed by atoms with Crippen LogP contribution in [0.15, 0.2) is 34.7 Å². The van der Waals surface area contributed by atoms with Gasteiger partial charge in [-0.15, -0.1) is 11.3 Å². The van der Waals surface area contributed by atoms with Crippen LogP contribution in [0.3, 0.4) is 0 Å². The summed E-state index contributed by atoms with van der Waals surface area (Å²) in [5.74, 6) is 0.0812. The summed E-state index contributed by atoms with van der Waals surface area (Å²) in [6.45, 7) is 0. The van der Waals surface area contributed by atoms with E-state index in [0.29, 0.717) is 10.3 Å². The first-order valence-electron chi connectivity index (χ1n) is 6.51. The predicted molar refractivity (Wildman–Crippen MR) is 85.4 cm³/mol. The van der Waals surface area contributed by atoms with Crippen LogP contribution in [-0.4, -0.2) is 16.2 Å². The van der Waals surface area contributed by atoms with Crippen molar-refractivity contribution >= 4 is 33.4 Å². The molecule has 0 N–H and O–H groups in total. The maximum absolute atomic E-state index is 12.8. The molecule has 9 heteroatoms. The van der Waals surface area contributed by atoms with E-state index < -0.39 is 11.7 Å². The number of pyridine rings is 1. The van der Waals surface area contributed by atoms with Crippen LogP contribution in [0.1, 0.15) is 11.3 Å². The number of rotatable bonds is 3. The first-order valence-corrected chi connectivity index (χ1v) is 8.55. The van der Waals surface area contributed by atoms with Crippen molar-refractivity contribution in [1.82, 2.24) is 9.97 Å². The molecule has 0 fully saturated rings. The van der Waals surface area contributed by atoms with Gasteiger partial charge in [-0.1, -0.05) is 17.8 Å². The lowest BCUT2D eigenvalue weighted by Gasteiger charge is -2.10. The standard InChI is InChI=1S/C15H8F3N3OS2/c1-23-14-21-13-12(24-14)6-11(10(7-19)20-13)22-9-4-2-3-8(5-9)15(16,17)18/h2-6H,1H3. The molecule has 0 saturated heterocycles. The average Bonchev–Trinajstić information content (AvgIpc) is 2.95. The Balaban J connectivity index is 2.02. The van der Waals surface area contributed by atoms with Gasteiger partial charge in [0.05, 0.1) is 10.3 Å². The third kappa shape index (κ3) is 3.29. The Kier molecular flexibility index (Phi) is 4.34. The van der Waals surface area contributed by atoms with Crippen LogP contribution in [0, 0.1) is 11.3 Å². The summed E-state index contributed by atoms with van der Waals surface area (Å²) in [6.07, 6.45) is -2.60. The van der Waals surface area contributed by atoms with Gasteiger partial charge in [0.2, 0.25) is 0 Å². The number of nitriles is 1. The smallest absolute Gasteiger partial charge is 0.416 e. The van der Waals surface area contributed by atoms with Gasteiger partial charge in [0.1, 0.15) is 11.8 Å². The van der Waals surface area contributed by atoms with Gasteiger partial charge >= 0.3 is 6.18 Å². The third-order valence-electron chi connectivity index (χ3n) is 3.00. The molecule has 3 rings (SSSR count). The lowest BCUT2D eigenvalue weighted by Crippen LogP contribution is -2.04. The van der Waals surface area contributed by atoms with Crippen LogP contribution < -0.4 is 4.74 Å². The third-order valence-corrected chi connectivity index (χ3v) is 4.97. The summed E-state index contributed by atoms with van der Waals surface area (Å²) in [5, 5.41) is 9.20. The molecule has 4 nitrogen and oxygen atoms in total. The first kappa shape index (κ1) is 16.5. The van der Waals surface area contributed by atoms with Crippen LogP contribution in [0.4, 0.5) is 13.2 Å². The van der Waals surface area contributed by atoms with Gasteiger partial charge in [-0.2, -0.15) is 18.4 Å². The van der Waals surface area contributed by atoms with E-state index in [4.69, 9.17) is 4.74 Å². The number of aromatic nitrogens is 2. The van der Waals surface area contributed by atoms with E-state index in [9.17, 15) is 18.4 Å². The fourth-order valence-corrected chi connectivity index (χ4v) is 3.38. The van der Waals surface area contributed by atoms with Gasteiger partial charge in [-0.05, 0) is 24.5 Å². The second-order valence-electron chi connectivity index (χ2n) is 4.58. The van der Waals surface area contributed by atoms with Crippen LogP contribution in [-0.2, 0) is 6.18 Å². The number of thiazole rings is 1. The van der Waals surface area contributed by atoms with Crippen LogP contribution in [0.5, 0.6) is 11.5 Å². The van der Waals surface area contributed by atoms with Crippen molar-refractivity contribution in [2.24, 2.45) is 0 Å². The van der Waals surface area contributed by atoms with E-state index >= 15 is 0 Å². The average molecular weight is 367 g/mol. The van der Waals surface area contributed by atoms with Crippen LogP contribution in [0.25, 0.3) is 10.3 Å². The second kappa shape index (κ2) is 6.30. The number of hydrogen-bond donors (Lipinski definition) is 0. The van der Waals surface area contributed by atoms with Gasteiger partial charge in [-0.25, -0.2) is 9.97 Å². The molecule has 0 aliphatic rings. The zero-order chi connectivity index (χ0) is 17.3. The lowest BCUT2D eigenvalue weighted by molar-refractivity contribution is -0.137. The SMILES string of the molecule is CSc1nc2nc(C#N)c(Oc3cccc(C(F)(F)F)c3)cc2s1. The minimum atomic E-state index is -4.47. The van der Waals surface area contributed by atoms with E-state index in [1.807, 2.05) is 12.3 Å². The molecule has 0 amide bonds. The number of thioether (sulfide) groups is 1. The number of benzene rings is 1. The molecule has 0 aliphatic carbocycles. The molecule has 24 heavy (non-hydrogen) atoms. The molecule has 2 heterocycles. The van der Waals surface area contributed by atoms with Gasteiger partial charge in [0, 0.05) is 6.07 Å². The highest BCUT2D eigenvalue weighted by Gasteiger charge is 2.30. The zero-order valence-electron chi connectivity index (χ0n) is 12.1. The molecule has 0 bridgehead atoms. The van der Waals surface area contributed by atoms with Gasteiger partial charge in [-0.3, -0.25) is 0 Å². The van der Waals surface area contributed by atoms with Crippen molar-refractivity contribution in [3.05, 3.63) is 41.6 Å². The molecule has 2 aromatic heterocycles. The summed E-state index contributed by atoms with van der Waals surface area (Å²) < 4.78 is 45.3. The Morgan fingerprint density at radius 2 is 2.04 bits per heavy atom. The van der Waals surface area contributed by atoms with Crippen molar-refractivity contribution in [2.45, 2.75) is 10.5 Å². The summed E-state index contributed by atoms with van der Waals surface area (Å²) in [5.41, 5.74) is -0.440. The lowest BCUT2D eigenvalue weighted by atomic mass is 10.2. The van der Waals surface area contributed by atoms with Crippen molar-refractivity contribution < 1.29 is 17.9 Å². The number of halogens is 3. The molecule has 122 valence electrons. The van der Waals surface area contributed by atoms with E-state index in [2.05, 4.69) is 9.97 Å². The largest absolute Gasteiger partial charge is 0.454 e. The highest BCUT2D eigenvalue weighted by molar-refractivity contribution is 8.00. The number of hydrogen-bond acceptors (Lipinski definition) is 6. The highest BCUT2D eigenvalue weighted by atomic mass is 32.2. The highest BCUT2D eigenvalue weighted by Crippen LogP contribution is 2.35. The Bertz CT molecular complexity index is 947. The number of ether oxygens (including phenoxy) is 1. The Morgan fingerprint density at radius 3 is 2.71 bits per heavy atom. The number of fused-ring (bicyclic) bond motifs is 1. The second-order valence-corrected chi connectivity index (χ2v) is 6.66. The summed E-state index contributed by atoms with van der Waals surface area (Å²) in [6, 6.07) is 7.91. The predicted octanol–water partition coefficient (Wildman–Crippen LogP) is 5.10. The molecular formula is C15H8F3N3OS2. The quantitative estimate of drug-likeness (QED) is 0.603. The monoisotopic (exact) mass is 367 g/mol. The van der Waals surface area contributed by atoms with E-state index in [1.165, 1.54) is 35.2 Å². The molecule has 3 aromatic rings. The Hall–Kier alpha value is -2.31. The summed E-state index contributed by atoms with van der Waals surface area (Å²) in [4.78, 5) is 8.36. The normalized spacial score (nSPS) is 11.5. The van der Waals surface area contributed by atoms with E-state index in [1.54, 1.807) is 6.07 Å². The van der Waals surface area contributed by atoms with Gasteiger partial charge in [0.15, 0.2) is 21.4 Å². The summed E-state index contributed by atoms with van der Waals surface area (Å²) >= 11 is 2.81. The topological polar surface area (TPSA) is 58.8 Å². The zero-order valence-corrected chi connectivity index (χ0v) is 13.7. The molecule has 1 aromatic carbocycles. The van der Waals surface area contributed by atoms with Crippen molar-refractivity contribution in [1.29, 1.82) is 5.26 Å². The number of nitrogens with zero attached hydrogens (tertiary/aromatic N) is 3.